The van der Waals surface area contributed by atoms with Crippen molar-refractivity contribution in [1.29, 1.82) is 0 Å². The summed E-state index contributed by atoms with van der Waals surface area (Å²) in [5.74, 6) is 0. The molecule has 1 fully saturated rings. The zero-order valence-corrected chi connectivity index (χ0v) is 13.9. The van der Waals surface area contributed by atoms with Crippen LogP contribution in [0, 0.1) is 0 Å². The number of nitrogens with one attached hydrogen (secondary N) is 1. The Kier molecular flexibility index (Phi) is 7.88. The maximum atomic E-state index is 12.9. The zero-order valence-electron chi connectivity index (χ0n) is 10.8. The summed E-state index contributed by atoms with van der Waals surface area (Å²) in [4.78, 5) is 2.23. The molecule has 7 heteroatoms. The molecule has 1 aromatic carbocycles. The first kappa shape index (κ1) is 18.3. The highest BCUT2D eigenvalue weighted by molar-refractivity contribution is 6.43. The van der Waals surface area contributed by atoms with Crippen LogP contribution >= 0.6 is 47.2 Å². The van der Waals surface area contributed by atoms with E-state index in [-0.39, 0.29) is 18.4 Å². The van der Waals surface area contributed by atoms with E-state index in [1.807, 2.05) is 0 Å². The predicted octanol–water partition coefficient (Wildman–Crippen LogP) is 4.37. The number of hydrogen-bond donors (Lipinski definition) is 1. The molecule has 0 aliphatic carbocycles. The Morgan fingerprint density at radius 2 is 1.85 bits per heavy atom. The quantitative estimate of drug-likeness (QED) is 0.801. The van der Waals surface area contributed by atoms with Gasteiger partial charge in [0.15, 0.2) is 0 Å². The second kappa shape index (κ2) is 8.62. The Morgan fingerprint density at radius 3 is 2.45 bits per heavy atom. The molecule has 0 spiro atoms. The summed E-state index contributed by atoms with van der Waals surface area (Å²) in [7, 11) is 0. The highest BCUT2D eigenvalue weighted by Gasteiger charge is 2.25. The summed E-state index contributed by atoms with van der Waals surface area (Å²) in [6, 6.07) is 3.33. The minimum Gasteiger partial charge on any atom is -0.314 e. The molecule has 1 heterocycles. The lowest BCUT2D eigenvalue weighted by Crippen LogP contribution is -2.45. The number of hydrogen-bond acceptors (Lipinski definition) is 2. The van der Waals surface area contributed by atoms with Crippen LogP contribution in [-0.4, -0.2) is 37.8 Å². The first-order chi connectivity index (χ1) is 9.13. The van der Waals surface area contributed by atoms with E-state index in [4.69, 9.17) is 34.8 Å². The van der Waals surface area contributed by atoms with Crippen molar-refractivity contribution in [3.63, 3.8) is 0 Å². The Hall–Kier alpha value is 0.230. The monoisotopic (exact) mass is 360 g/mol. The molecular formula is C13H17Cl4FN2. The largest absolute Gasteiger partial charge is 0.314 e. The summed E-state index contributed by atoms with van der Waals surface area (Å²) < 4.78 is 12.9. The average Bonchev–Trinajstić information content (AvgIpc) is 2.41. The van der Waals surface area contributed by atoms with E-state index in [0.29, 0.717) is 21.5 Å². The van der Waals surface area contributed by atoms with Crippen LogP contribution in [0.5, 0.6) is 0 Å². The van der Waals surface area contributed by atoms with E-state index in [0.717, 1.165) is 31.7 Å². The lowest BCUT2D eigenvalue weighted by Gasteiger charge is -2.35. The molecule has 2 nitrogen and oxygen atoms in total. The van der Waals surface area contributed by atoms with Gasteiger partial charge in [-0.25, -0.2) is 0 Å². The molecule has 114 valence electrons. The third-order valence-corrected chi connectivity index (χ3v) is 4.39. The minimum atomic E-state index is -0.394. The molecule has 1 aromatic rings. The lowest BCUT2D eigenvalue weighted by atomic mass is 10.0. The van der Waals surface area contributed by atoms with Crippen molar-refractivity contribution in [1.82, 2.24) is 10.2 Å². The number of nitrogens with zero attached hydrogens (tertiary/aromatic N) is 1. The van der Waals surface area contributed by atoms with Gasteiger partial charge in [-0.3, -0.25) is 9.29 Å². The van der Waals surface area contributed by atoms with Crippen molar-refractivity contribution in [2.45, 2.75) is 12.5 Å². The Labute approximate surface area is 140 Å². The van der Waals surface area contributed by atoms with Gasteiger partial charge in [0, 0.05) is 37.2 Å². The van der Waals surface area contributed by atoms with Crippen molar-refractivity contribution >= 4 is 47.2 Å². The van der Waals surface area contributed by atoms with Gasteiger partial charge < -0.3 is 5.32 Å². The van der Waals surface area contributed by atoms with Crippen LogP contribution in [-0.2, 0) is 0 Å². The van der Waals surface area contributed by atoms with Crippen LogP contribution in [0.15, 0.2) is 12.1 Å². The van der Waals surface area contributed by atoms with Gasteiger partial charge in [-0.15, -0.1) is 12.4 Å². The second-order valence-electron chi connectivity index (χ2n) is 4.57. The fraction of sp³-hybridized carbons (Fsp3) is 0.538. The lowest BCUT2D eigenvalue weighted by molar-refractivity contribution is 0.157. The molecule has 0 amide bonds. The standard InChI is InChI=1S/C13H16Cl3FN2.ClH/c14-9-7-10(13(16)11(15)8-9)12(1-2-17)19-5-3-18-4-6-19;/h7-8,12,18H,1-6H2;1H/t12-;/m1./s1. The van der Waals surface area contributed by atoms with Gasteiger partial charge in [-0.05, 0) is 24.1 Å². The molecule has 1 atom stereocenters. The summed E-state index contributed by atoms with van der Waals surface area (Å²) in [5, 5.41) is 4.71. The Balaban J connectivity index is 0.00000200. The van der Waals surface area contributed by atoms with Crippen LogP contribution in [0.4, 0.5) is 4.39 Å². The predicted molar refractivity (Wildman–Crippen MR) is 86.5 cm³/mol. The molecule has 2 rings (SSSR count). The van der Waals surface area contributed by atoms with Gasteiger partial charge in [0.2, 0.25) is 0 Å². The van der Waals surface area contributed by atoms with E-state index >= 15 is 0 Å². The molecule has 1 N–H and O–H groups in total. The van der Waals surface area contributed by atoms with Crippen molar-refractivity contribution in [2.75, 3.05) is 32.9 Å². The third-order valence-electron chi connectivity index (χ3n) is 3.36. The van der Waals surface area contributed by atoms with Gasteiger partial charge >= 0.3 is 0 Å². The van der Waals surface area contributed by atoms with Crippen molar-refractivity contribution in [3.8, 4) is 0 Å². The summed E-state index contributed by atoms with van der Waals surface area (Å²) in [6.07, 6.45) is 0.399. The van der Waals surface area contributed by atoms with E-state index in [2.05, 4.69) is 10.2 Å². The first-order valence-corrected chi connectivity index (χ1v) is 7.42. The van der Waals surface area contributed by atoms with Crippen LogP contribution in [0.2, 0.25) is 15.1 Å². The number of halogens is 5. The molecule has 0 aromatic heterocycles. The maximum absolute atomic E-state index is 12.9. The van der Waals surface area contributed by atoms with Crippen LogP contribution in [0.3, 0.4) is 0 Å². The summed E-state index contributed by atoms with van der Waals surface area (Å²) in [6.45, 7) is 3.13. The SMILES string of the molecule is Cl.FCC[C@H](c1cc(Cl)cc(Cl)c1Cl)N1CCNCC1. The fourth-order valence-corrected chi connectivity index (χ4v) is 3.19. The smallest absolute Gasteiger partial charge is 0.0912 e. The molecule has 0 radical (unpaired) electrons. The second-order valence-corrected chi connectivity index (χ2v) is 5.79. The first-order valence-electron chi connectivity index (χ1n) is 6.28. The summed E-state index contributed by atoms with van der Waals surface area (Å²) in [5.41, 5.74) is 0.818. The van der Waals surface area contributed by atoms with Crippen LogP contribution < -0.4 is 5.32 Å². The third kappa shape index (κ3) is 4.36. The Bertz CT molecular complexity index is 439. The molecule has 0 saturated carbocycles. The molecular weight excluding hydrogens is 345 g/mol. The molecule has 1 saturated heterocycles. The van der Waals surface area contributed by atoms with Crippen molar-refractivity contribution in [2.24, 2.45) is 0 Å². The van der Waals surface area contributed by atoms with Gasteiger partial charge in [-0.1, -0.05) is 34.8 Å². The van der Waals surface area contributed by atoms with Gasteiger partial charge in [0.25, 0.3) is 0 Å². The average molecular weight is 362 g/mol. The van der Waals surface area contributed by atoms with Crippen LogP contribution in [0.1, 0.15) is 18.0 Å². The van der Waals surface area contributed by atoms with E-state index in [9.17, 15) is 4.39 Å². The number of piperazine rings is 1. The molecule has 20 heavy (non-hydrogen) atoms. The minimum absolute atomic E-state index is 0. The molecule has 1 aliphatic heterocycles. The molecule has 0 unspecified atom stereocenters. The van der Waals surface area contributed by atoms with Gasteiger partial charge in [-0.2, -0.15) is 0 Å². The van der Waals surface area contributed by atoms with Gasteiger partial charge in [0.05, 0.1) is 16.7 Å². The fourth-order valence-electron chi connectivity index (χ4n) is 2.45. The molecule has 0 bridgehead atoms. The Morgan fingerprint density at radius 1 is 1.20 bits per heavy atom. The van der Waals surface area contributed by atoms with Crippen LogP contribution in [0.25, 0.3) is 0 Å². The molecule has 1 aliphatic rings. The van der Waals surface area contributed by atoms with E-state index in [1.54, 1.807) is 12.1 Å². The highest BCUT2D eigenvalue weighted by Crippen LogP contribution is 2.37. The number of benzene rings is 1. The number of rotatable bonds is 4. The van der Waals surface area contributed by atoms with Crippen molar-refractivity contribution in [3.05, 3.63) is 32.8 Å². The van der Waals surface area contributed by atoms with E-state index < -0.39 is 6.67 Å². The maximum Gasteiger partial charge on any atom is 0.0912 e. The van der Waals surface area contributed by atoms with E-state index in [1.165, 1.54) is 0 Å². The topological polar surface area (TPSA) is 15.3 Å². The van der Waals surface area contributed by atoms with Crippen molar-refractivity contribution < 1.29 is 4.39 Å². The van der Waals surface area contributed by atoms with Gasteiger partial charge in [0.1, 0.15) is 0 Å². The normalized spacial score (nSPS) is 17.6. The highest BCUT2D eigenvalue weighted by atomic mass is 35.5. The zero-order chi connectivity index (χ0) is 13.8. The summed E-state index contributed by atoms with van der Waals surface area (Å²) >= 11 is 18.4. The number of alkyl halides is 1.